The van der Waals surface area contributed by atoms with Gasteiger partial charge in [-0.15, -0.1) is 0 Å². The Morgan fingerprint density at radius 2 is 1.45 bits per heavy atom. The fourth-order valence-corrected chi connectivity index (χ4v) is 3.92. The lowest BCUT2D eigenvalue weighted by Gasteiger charge is -2.20. The Morgan fingerprint density at radius 1 is 0.818 bits per heavy atom. The van der Waals surface area contributed by atoms with Crippen molar-refractivity contribution in [2.75, 3.05) is 10.2 Å². The molecule has 33 heavy (non-hydrogen) atoms. The largest absolute Gasteiger partial charge is 0.350 e. The first kappa shape index (κ1) is 22.5. The lowest BCUT2D eigenvalue weighted by Crippen LogP contribution is -2.33. The van der Waals surface area contributed by atoms with E-state index in [-0.39, 0.29) is 16.7 Å². The van der Waals surface area contributed by atoms with Gasteiger partial charge in [0.1, 0.15) is 11.5 Å². The SMILES string of the molecule is Cc1cccc(N2C(=O)C(Nc3ccc(C(C)(C)C)cc3)=C(c3ccc(F)cc3)C2=O)c1C. The lowest BCUT2D eigenvalue weighted by molar-refractivity contribution is -0.120. The van der Waals surface area contributed by atoms with Gasteiger partial charge in [0.2, 0.25) is 0 Å². The summed E-state index contributed by atoms with van der Waals surface area (Å²) in [4.78, 5) is 28.3. The van der Waals surface area contributed by atoms with Crippen LogP contribution in [0.15, 0.2) is 72.4 Å². The fourth-order valence-electron chi connectivity index (χ4n) is 3.92. The summed E-state index contributed by atoms with van der Waals surface area (Å²) in [6.45, 7) is 10.2. The van der Waals surface area contributed by atoms with Gasteiger partial charge in [-0.05, 0) is 71.8 Å². The molecule has 0 spiro atoms. The van der Waals surface area contributed by atoms with E-state index in [1.807, 2.05) is 50.2 Å². The van der Waals surface area contributed by atoms with Gasteiger partial charge in [-0.1, -0.05) is 57.2 Å². The number of nitrogens with one attached hydrogen (secondary N) is 1. The Labute approximate surface area is 193 Å². The minimum absolute atomic E-state index is 0.00426. The molecule has 0 aliphatic carbocycles. The predicted octanol–water partition coefficient (Wildman–Crippen LogP) is 6.14. The Kier molecular flexibility index (Phi) is 5.66. The molecule has 1 aliphatic heterocycles. The fraction of sp³-hybridized carbons (Fsp3) is 0.214. The molecule has 0 aromatic heterocycles. The second-order valence-electron chi connectivity index (χ2n) is 9.37. The number of nitrogens with zero attached hydrogens (tertiary/aromatic N) is 1. The number of hydrogen-bond donors (Lipinski definition) is 1. The van der Waals surface area contributed by atoms with Crippen molar-refractivity contribution in [3.05, 3.63) is 100 Å². The highest BCUT2D eigenvalue weighted by Crippen LogP contribution is 2.36. The van der Waals surface area contributed by atoms with Gasteiger partial charge in [0, 0.05) is 5.69 Å². The number of halogens is 1. The summed E-state index contributed by atoms with van der Waals surface area (Å²) in [5.74, 6) is -1.28. The van der Waals surface area contributed by atoms with E-state index in [4.69, 9.17) is 0 Å². The third kappa shape index (κ3) is 4.19. The van der Waals surface area contributed by atoms with E-state index in [2.05, 4.69) is 26.1 Å². The number of carbonyl (C=O) groups is 2. The van der Waals surface area contributed by atoms with Crippen LogP contribution in [0.5, 0.6) is 0 Å². The van der Waals surface area contributed by atoms with Gasteiger partial charge in [0.15, 0.2) is 0 Å². The lowest BCUT2D eigenvalue weighted by atomic mass is 9.87. The van der Waals surface area contributed by atoms with Crippen LogP contribution in [0.3, 0.4) is 0 Å². The third-order valence-electron chi connectivity index (χ3n) is 6.05. The second kappa shape index (κ2) is 8.32. The zero-order valence-corrected chi connectivity index (χ0v) is 19.5. The number of benzene rings is 3. The zero-order valence-electron chi connectivity index (χ0n) is 19.5. The van der Waals surface area contributed by atoms with Crippen LogP contribution in [-0.4, -0.2) is 11.8 Å². The summed E-state index contributed by atoms with van der Waals surface area (Å²) in [5, 5.41) is 3.17. The molecular weight excluding hydrogens is 415 g/mol. The molecule has 0 fully saturated rings. The van der Waals surface area contributed by atoms with Crippen LogP contribution in [-0.2, 0) is 15.0 Å². The highest BCUT2D eigenvalue weighted by Gasteiger charge is 2.41. The van der Waals surface area contributed by atoms with Gasteiger partial charge in [-0.2, -0.15) is 0 Å². The molecular formula is C28H27FN2O2. The van der Waals surface area contributed by atoms with Crippen LogP contribution in [0, 0.1) is 19.7 Å². The predicted molar refractivity (Wildman–Crippen MR) is 130 cm³/mol. The van der Waals surface area contributed by atoms with Crippen LogP contribution >= 0.6 is 0 Å². The van der Waals surface area contributed by atoms with Crippen molar-refractivity contribution in [2.24, 2.45) is 0 Å². The van der Waals surface area contributed by atoms with Gasteiger partial charge in [0.05, 0.1) is 11.3 Å². The highest BCUT2D eigenvalue weighted by atomic mass is 19.1. The summed E-state index contributed by atoms with van der Waals surface area (Å²) in [7, 11) is 0. The first-order valence-electron chi connectivity index (χ1n) is 10.9. The van der Waals surface area contributed by atoms with Crippen molar-refractivity contribution >= 4 is 28.8 Å². The molecule has 0 bridgehead atoms. The maximum absolute atomic E-state index is 13.6. The number of amides is 2. The van der Waals surface area contributed by atoms with Crippen LogP contribution in [0.2, 0.25) is 0 Å². The van der Waals surface area contributed by atoms with E-state index in [9.17, 15) is 14.0 Å². The Morgan fingerprint density at radius 3 is 2.06 bits per heavy atom. The molecule has 0 saturated carbocycles. The molecule has 0 radical (unpaired) electrons. The molecule has 2 amide bonds. The van der Waals surface area contributed by atoms with E-state index in [1.165, 1.54) is 29.2 Å². The van der Waals surface area contributed by atoms with E-state index in [1.54, 1.807) is 6.07 Å². The van der Waals surface area contributed by atoms with Crippen molar-refractivity contribution in [1.29, 1.82) is 0 Å². The molecule has 4 nitrogen and oxygen atoms in total. The maximum atomic E-state index is 13.6. The monoisotopic (exact) mass is 442 g/mol. The quantitative estimate of drug-likeness (QED) is 0.494. The van der Waals surface area contributed by atoms with Crippen molar-refractivity contribution in [3.8, 4) is 0 Å². The molecule has 0 unspecified atom stereocenters. The van der Waals surface area contributed by atoms with Crippen LogP contribution in [0.1, 0.15) is 43.0 Å². The number of imide groups is 1. The molecule has 168 valence electrons. The van der Waals surface area contributed by atoms with Gasteiger partial charge in [-0.3, -0.25) is 9.59 Å². The Bertz CT molecular complexity index is 1270. The number of hydrogen-bond acceptors (Lipinski definition) is 3. The van der Waals surface area contributed by atoms with E-state index in [0.717, 1.165) is 16.7 Å². The summed E-state index contributed by atoms with van der Waals surface area (Å²) in [6.07, 6.45) is 0. The smallest absolute Gasteiger partial charge is 0.282 e. The minimum Gasteiger partial charge on any atom is -0.350 e. The first-order chi connectivity index (χ1) is 15.6. The molecule has 0 atom stereocenters. The Hall–Kier alpha value is -3.73. The summed E-state index contributed by atoms with van der Waals surface area (Å²) in [6, 6.07) is 18.9. The number of rotatable bonds is 4. The second-order valence-corrected chi connectivity index (χ2v) is 9.37. The van der Waals surface area contributed by atoms with Gasteiger partial charge in [0.25, 0.3) is 11.8 Å². The number of aryl methyl sites for hydroxylation is 1. The summed E-state index contributed by atoms with van der Waals surface area (Å²) in [5.41, 5.74) is 5.12. The van der Waals surface area contributed by atoms with E-state index < -0.39 is 17.6 Å². The molecule has 3 aromatic carbocycles. The average molecular weight is 443 g/mol. The minimum atomic E-state index is -0.437. The standard InChI is InChI=1S/C28H27FN2O2/c1-17-7-6-8-23(18(17)2)31-26(32)24(19-9-13-21(29)14-10-19)25(27(31)33)30-22-15-11-20(12-16-22)28(3,4)5/h6-16,30H,1-5H3. The maximum Gasteiger partial charge on any atom is 0.282 e. The molecule has 1 aliphatic rings. The van der Waals surface area contributed by atoms with Crippen molar-refractivity contribution in [1.82, 2.24) is 0 Å². The molecule has 5 heteroatoms. The van der Waals surface area contributed by atoms with Gasteiger partial charge >= 0.3 is 0 Å². The molecule has 4 rings (SSSR count). The van der Waals surface area contributed by atoms with Crippen molar-refractivity contribution in [2.45, 2.75) is 40.0 Å². The van der Waals surface area contributed by atoms with Gasteiger partial charge < -0.3 is 5.32 Å². The van der Waals surface area contributed by atoms with Crippen LogP contribution < -0.4 is 10.2 Å². The molecule has 1 heterocycles. The van der Waals surface area contributed by atoms with E-state index >= 15 is 0 Å². The highest BCUT2D eigenvalue weighted by molar-refractivity contribution is 6.46. The first-order valence-corrected chi connectivity index (χ1v) is 10.9. The number of carbonyl (C=O) groups excluding carboxylic acids is 2. The van der Waals surface area contributed by atoms with Crippen LogP contribution in [0.25, 0.3) is 5.57 Å². The topological polar surface area (TPSA) is 49.4 Å². The van der Waals surface area contributed by atoms with Gasteiger partial charge in [-0.25, -0.2) is 9.29 Å². The normalized spacial score (nSPS) is 14.3. The molecule has 3 aromatic rings. The number of anilines is 2. The van der Waals surface area contributed by atoms with Crippen LogP contribution in [0.4, 0.5) is 15.8 Å². The molecule has 1 N–H and O–H groups in total. The average Bonchev–Trinajstić information content (AvgIpc) is 3.00. The van der Waals surface area contributed by atoms with Crippen molar-refractivity contribution in [3.63, 3.8) is 0 Å². The Balaban J connectivity index is 1.80. The van der Waals surface area contributed by atoms with Crippen molar-refractivity contribution < 1.29 is 14.0 Å². The zero-order chi connectivity index (χ0) is 23.9. The summed E-state index contributed by atoms with van der Waals surface area (Å²) < 4.78 is 13.6. The van der Waals surface area contributed by atoms with E-state index in [0.29, 0.717) is 16.9 Å². The molecule has 0 saturated heterocycles. The third-order valence-corrected chi connectivity index (χ3v) is 6.05. The summed E-state index contributed by atoms with van der Waals surface area (Å²) >= 11 is 0.